The second kappa shape index (κ2) is 3.12. The van der Waals surface area contributed by atoms with Crippen LogP contribution in [0.3, 0.4) is 0 Å². The highest BCUT2D eigenvalue weighted by Gasteiger charge is 2.25. The molecule has 0 bridgehead atoms. The summed E-state index contributed by atoms with van der Waals surface area (Å²) >= 11 is 0. The lowest BCUT2D eigenvalue weighted by atomic mass is 9.99. The Morgan fingerprint density at radius 2 is 2.40 bits per heavy atom. The standard InChI is InChI=1S/C7H14N2O/c1-9-4-2-3-6(8)7(9)5-10/h5-7H,2-4,8H2,1H3. The van der Waals surface area contributed by atoms with Gasteiger partial charge in [-0.3, -0.25) is 4.90 Å². The van der Waals surface area contributed by atoms with E-state index in [9.17, 15) is 4.79 Å². The van der Waals surface area contributed by atoms with Gasteiger partial charge in [0.15, 0.2) is 0 Å². The maximum atomic E-state index is 10.5. The zero-order valence-corrected chi connectivity index (χ0v) is 6.29. The Bertz CT molecular complexity index is 117. The Kier molecular flexibility index (Phi) is 2.40. The van der Waals surface area contributed by atoms with Gasteiger partial charge in [-0.05, 0) is 26.4 Å². The Hall–Kier alpha value is -0.410. The van der Waals surface area contributed by atoms with Crippen molar-refractivity contribution in [1.29, 1.82) is 0 Å². The monoisotopic (exact) mass is 142 g/mol. The average Bonchev–Trinajstić information content (AvgIpc) is 1.88. The topological polar surface area (TPSA) is 46.3 Å². The fourth-order valence-corrected chi connectivity index (χ4v) is 1.43. The van der Waals surface area contributed by atoms with Crippen LogP contribution in [0, 0.1) is 0 Å². The molecule has 0 aliphatic carbocycles. The summed E-state index contributed by atoms with van der Waals surface area (Å²) in [5.74, 6) is 0. The molecule has 1 heterocycles. The third kappa shape index (κ3) is 1.36. The summed E-state index contributed by atoms with van der Waals surface area (Å²) < 4.78 is 0. The number of likely N-dealkylation sites (N-methyl/N-ethyl adjacent to an activating group) is 1. The molecule has 0 spiro atoms. The van der Waals surface area contributed by atoms with Gasteiger partial charge in [-0.2, -0.15) is 0 Å². The maximum absolute atomic E-state index is 10.5. The molecule has 1 rings (SSSR count). The number of carbonyl (C=O) groups is 1. The quantitative estimate of drug-likeness (QED) is 0.507. The fourth-order valence-electron chi connectivity index (χ4n) is 1.43. The van der Waals surface area contributed by atoms with Crippen LogP contribution in [0.25, 0.3) is 0 Å². The van der Waals surface area contributed by atoms with Crippen molar-refractivity contribution < 1.29 is 4.79 Å². The van der Waals surface area contributed by atoms with Gasteiger partial charge < -0.3 is 10.5 Å². The summed E-state index contributed by atoms with van der Waals surface area (Å²) in [4.78, 5) is 12.5. The molecule has 3 heteroatoms. The van der Waals surface area contributed by atoms with Crippen LogP contribution in [0.5, 0.6) is 0 Å². The number of piperidine rings is 1. The molecule has 1 saturated heterocycles. The molecule has 1 fully saturated rings. The Balaban J connectivity index is 2.53. The number of carbonyl (C=O) groups excluding carboxylic acids is 1. The lowest BCUT2D eigenvalue weighted by Gasteiger charge is -2.33. The normalized spacial score (nSPS) is 35.8. The van der Waals surface area contributed by atoms with Crippen molar-refractivity contribution in [1.82, 2.24) is 4.90 Å². The summed E-state index contributed by atoms with van der Waals surface area (Å²) in [6, 6.07) is 0.00463. The van der Waals surface area contributed by atoms with E-state index in [0.29, 0.717) is 0 Å². The Morgan fingerprint density at radius 3 is 2.80 bits per heavy atom. The lowest BCUT2D eigenvalue weighted by molar-refractivity contribution is -0.113. The second-order valence-corrected chi connectivity index (χ2v) is 2.91. The van der Waals surface area contributed by atoms with Crippen molar-refractivity contribution in [3.8, 4) is 0 Å². The van der Waals surface area contributed by atoms with Crippen LogP contribution >= 0.6 is 0 Å². The van der Waals surface area contributed by atoms with E-state index in [0.717, 1.165) is 25.7 Å². The van der Waals surface area contributed by atoms with Crippen molar-refractivity contribution in [3.63, 3.8) is 0 Å². The molecule has 0 amide bonds. The zero-order valence-electron chi connectivity index (χ0n) is 6.29. The van der Waals surface area contributed by atoms with Crippen molar-refractivity contribution >= 4 is 6.29 Å². The third-order valence-electron chi connectivity index (χ3n) is 2.14. The van der Waals surface area contributed by atoms with E-state index in [1.54, 1.807) is 0 Å². The molecule has 58 valence electrons. The molecule has 1 aliphatic rings. The van der Waals surface area contributed by atoms with E-state index >= 15 is 0 Å². The minimum Gasteiger partial charge on any atom is -0.326 e. The predicted molar refractivity (Wildman–Crippen MR) is 39.7 cm³/mol. The van der Waals surface area contributed by atoms with E-state index in [1.165, 1.54) is 0 Å². The number of nitrogens with zero attached hydrogens (tertiary/aromatic N) is 1. The first-order valence-corrected chi connectivity index (χ1v) is 3.67. The van der Waals surface area contributed by atoms with Gasteiger partial charge in [0.25, 0.3) is 0 Å². The molecule has 1 aliphatic heterocycles. The average molecular weight is 142 g/mol. The number of hydrogen-bond donors (Lipinski definition) is 1. The largest absolute Gasteiger partial charge is 0.326 e. The summed E-state index contributed by atoms with van der Waals surface area (Å²) in [5, 5.41) is 0. The molecule has 10 heavy (non-hydrogen) atoms. The van der Waals surface area contributed by atoms with Gasteiger partial charge in [0.1, 0.15) is 6.29 Å². The molecule has 0 saturated carbocycles. The summed E-state index contributed by atoms with van der Waals surface area (Å²) in [6.07, 6.45) is 3.04. The number of likely N-dealkylation sites (tertiary alicyclic amines) is 1. The van der Waals surface area contributed by atoms with Gasteiger partial charge in [-0.25, -0.2) is 0 Å². The number of nitrogens with two attached hydrogens (primary N) is 1. The number of rotatable bonds is 1. The Morgan fingerprint density at radius 1 is 1.70 bits per heavy atom. The highest BCUT2D eigenvalue weighted by atomic mass is 16.1. The van der Waals surface area contributed by atoms with Gasteiger partial charge in [-0.1, -0.05) is 0 Å². The summed E-state index contributed by atoms with van der Waals surface area (Å²) in [5.41, 5.74) is 5.71. The van der Waals surface area contributed by atoms with Crippen LogP contribution in [0.1, 0.15) is 12.8 Å². The van der Waals surface area contributed by atoms with E-state index in [4.69, 9.17) is 5.73 Å². The summed E-state index contributed by atoms with van der Waals surface area (Å²) in [7, 11) is 1.94. The molecule has 0 aromatic heterocycles. The van der Waals surface area contributed by atoms with Gasteiger partial charge in [-0.15, -0.1) is 0 Å². The number of aldehydes is 1. The van der Waals surface area contributed by atoms with Crippen LogP contribution in [-0.4, -0.2) is 36.9 Å². The smallest absolute Gasteiger partial charge is 0.138 e. The van der Waals surface area contributed by atoms with Gasteiger partial charge in [0.2, 0.25) is 0 Å². The van der Waals surface area contributed by atoms with Crippen LogP contribution in [0.4, 0.5) is 0 Å². The predicted octanol–water partition coefficient (Wildman–Crippen LogP) is -0.393. The molecule has 2 N–H and O–H groups in total. The minimum absolute atomic E-state index is 0.0475. The fraction of sp³-hybridized carbons (Fsp3) is 0.857. The van der Waals surface area contributed by atoms with Crippen LogP contribution in [-0.2, 0) is 4.79 Å². The molecular weight excluding hydrogens is 128 g/mol. The highest BCUT2D eigenvalue weighted by molar-refractivity contribution is 5.59. The van der Waals surface area contributed by atoms with Crippen molar-refractivity contribution in [2.24, 2.45) is 5.73 Å². The van der Waals surface area contributed by atoms with Crippen molar-refractivity contribution in [2.45, 2.75) is 24.9 Å². The SMILES string of the molecule is CN1CCCC(N)C1C=O. The van der Waals surface area contributed by atoms with Crippen LogP contribution in [0.15, 0.2) is 0 Å². The molecule has 0 radical (unpaired) electrons. The molecule has 2 unspecified atom stereocenters. The number of hydrogen-bond acceptors (Lipinski definition) is 3. The van der Waals surface area contributed by atoms with Gasteiger partial charge >= 0.3 is 0 Å². The first-order chi connectivity index (χ1) is 4.75. The van der Waals surface area contributed by atoms with Crippen LogP contribution in [0.2, 0.25) is 0 Å². The van der Waals surface area contributed by atoms with E-state index < -0.39 is 0 Å². The van der Waals surface area contributed by atoms with Crippen molar-refractivity contribution in [2.75, 3.05) is 13.6 Å². The first kappa shape index (κ1) is 7.69. The first-order valence-electron chi connectivity index (χ1n) is 3.67. The molecule has 0 aromatic rings. The van der Waals surface area contributed by atoms with Crippen LogP contribution < -0.4 is 5.73 Å². The second-order valence-electron chi connectivity index (χ2n) is 2.91. The highest BCUT2D eigenvalue weighted by Crippen LogP contribution is 2.11. The van der Waals surface area contributed by atoms with Gasteiger partial charge in [0, 0.05) is 6.04 Å². The molecule has 3 nitrogen and oxygen atoms in total. The Labute approximate surface area is 61.2 Å². The van der Waals surface area contributed by atoms with Gasteiger partial charge in [0.05, 0.1) is 6.04 Å². The molecule has 0 aromatic carbocycles. The van der Waals surface area contributed by atoms with E-state index in [1.807, 2.05) is 11.9 Å². The van der Waals surface area contributed by atoms with E-state index in [-0.39, 0.29) is 12.1 Å². The summed E-state index contributed by atoms with van der Waals surface area (Å²) in [6.45, 7) is 0.997. The molecular formula is C7H14N2O. The minimum atomic E-state index is -0.0475. The van der Waals surface area contributed by atoms with Crippen molar-refractivity contribution in [3.05, 3.63) is 0 Å². The molecule has 2 atom stereocenters. The third-order valence-corrected chi connectivity index (χ3v) is 2.14. The zero-order chi connectivity index (χ0) is 7.56. The lowest BCUT2D eigenvalue weighted by Crippen LogP contribution is -2.51. The van der Waals surface area contributed by atoms with E-state index in [2.05, 4.69) is 0 Å². The maximum Gasteiger partial charge on any atom is 0.138 e.